The Labute approximate surface area is 162 Å². The molecule has 2 aromatic rings. The smallest absolute Gasteiger partial charge is 0.335 e. The van der Waals surface area contributed by atoms with E-state index in [1.807, 2.05) is 11.9 Å². The molecule has 0 spiro atoms. The van der Waals surface area contributed by atoms with Crippen LogP contribution in [-0.2, 0) is 4.79 Å². The lowest BCUT2D eigenvalue weighted by atomic mass is 9.94. The van der Waals surface area contributed by atoms with Crippen LogP contribution < -0.4 is 0 Å². The van der Waals surface area contributed by atoms with E-state index in [0.29, 0.717) is 24.2 Å². The summed E-state index contributed by atoms with van der Waals surface area (Å²) in [6.07, 6.45) is 3.54. The predicted molar refractivity (Wildman–Crippen MR) is 105 cm³/mol. The van der Waals surface area contributed by atoms with Gasteiger partial charge in [0, 0.05) is 24.2 Å². The van der Waals surface area contributed by atoms with E-state index in [1.165, 1.54) is 24.3 Å². The number of ketones is 1. The maximum absolute atomic E-state index is 12.9. The van der Waals surface area contributed by atoms with Crippen molar-refractivity contribution in [3.8, 4) is 0 Å². The summed E-state index contributed by atoms with van der Waals surface area (Å²) in [5.74, 6) is -2.05. The average Bonchev–Trinajstić information content (AvgIpc) is 2.66. The van der Waals surface area contributed by atoms with Crippen molar-refractivity contribution in [2.45, 2.75) is 0 Å². The summed E-state index contributed by atoms with van der Waals surface area (Å²) in [4.78, 5) is 36.8. The molecule has 1 fully saturated rings. The largest absolute Gasteiger partial charge is 0.478 e. The number of hydrogen-bond acceptors (Lipinski definition) is 4. The minimum absolute atomic E-state index is 0.0669. The van der Waals surface area contributed by atoms with Gasteiger partial charge in [-0.3, -0.25) is 9.69 Å². The molecule has 0 unspecified atom stereocenters. The zero-order valence-corrected chi connectivity index (χ0v) is 15.3. The highest BCUT2D eigenvalue weighted by molar-refractivity contribution is 6.14. The third kappa shape index (κ3) is 4.42. The van der Waals surface area contributed by atoms with E-state index in [-0.39, 0.29) is 16.9 Å². The van der Waals surface area contributed by atoms with E-state index in [0.717, 1.165) is 11.1 Å². The van der Waals surface area contributed by atoms with Gasteiger partial charge < -0.3 is 10.2 Å². The molecule has 6 nitrogen and oxygen atoms in total. The van der Waals surface area contributed by atoms with Crippen molar-refractivity contribution in [3.05, 3.63) is 81.9 Å². The Morgan fingerprint density at radius 1 is 0.786 bits per heavy atom. The predicted octanol–water partition coefficient (Wildman–Crippen LogP) is 3.06. The lowest BCUT2D eigenvalue weighted by Crippen LogP contribution is -2.34. The molecule has 0 aliphatic carbocycles. The summed E-state index contributed by atoms with van der Waals surface area (Å²) in [5, 5.41) is 18.0. The molecule has 0 amide bonds. The van der Waals surface area contributed by atoms with Gasteiger partial charge in [-0.25, -0.2) is 9.59 Å². The van der Waals surface area contributed by atoms with Gasteiger partial charge in [-0.1, -0.05) is 24.3 Å². The number of Topliss-reactive ketones (excluding diaryl/α,β-unsaturated/α-hetero) is 1. The molecule has 6 heteroatoms. The van der Waals surface area contributed by atoms with Crippen LogP contribution in [0.1, 0.15) is 31.8 Å². The van der Waals surface area contributed by atoms with Gasteiger partial charge in [0.15, 0.2) is 5.78 Å². The molecule has 1 aliphatic rings. The van der Waals surface area contributed by atoms with Crippen LogP contribution in [0, 0.1) is 0 Å². The number of nitrogens with zero attached hydrogens (tertiary/aromatic N) is 1. The van der Waals surface area contributed by atoms with E-state index in [1.54, 1.807) is 36.4 Å². The van der Waals surface area contributed by atoms with Gasteiger partial charge in [0.25, 0.3) is 0 Å². The van der Waals surface area contributed by atoms with Crippen LogP contribution in [0.15, 0.2) is 59.7 Å². The van der Waals surface area contributed by atoms with Gasteiger partial charge in [0.2, 0.25) is 0 Å². The first-order valence-corrected chi connectivity index (χ1v) is 8.64. The highest BCUT2D eigenvalue weighted by Crippen LogP contribution is 2.21. The number of likely N-dealkylation sites (tertiary alicyclic amines) is 1. The number of carboxylic acids is 2. The van der Waals surface area contributed by atoms with Gasteiger partial charge in [-0.2, -0.15) is 0 Å². The van der Waals surface area contributed by atoms with Crippen LogP contribution in [-0.4, -0.2) is 53.0 Å². The second-order valence-corrected chi connectivity index (χ2v) is 6.69. The van der Waals surface area contributed by atoms with E-state index in [2.05, 4.69) is 0 Å². The molecule has 0 aromatic heterocycles. The van der Waals surface area contributed by atoms with Gasteiger partial charge in [0.05, 0.1) is 11.1 Å². The van der Waals surface area contributed by atoms with Gasteiger partial charge in [-0.15, -0.1) is 0 Å². The first-order chi connectivity index (χ1) is 13.3. The van der Waals surface area contributed by atoms with Crippen molar-refractivity contribution in [1.29, 1.82) is 0 Å². The fraction of sp³-hybridized carbons (Fsp3) is 0.136. The molecule has 2 N–H and O–H groups in total. The Bertz CT molecular complexity index is 905. The van der Waals surface area contributed by atoms with Gasteiger partial charge in [-0.05, 0) is 54.6 Å². The standard InChI is InChI=1S/C22H19NO5/c1-23-12-18(10-14-2-6-16(7-3-14)21(25)26)20(24)19(13-23)11-15-4-8-17(9-5-15)22(27)28/h2-11H,12-13H2,1H3,(H,25,26)(H,27,28)/b18-10+,19-11+. The monoisotopic (exact) mass is 377 g/mol. The number of carboxylic acid groups (broad SMARTS) is 2. The Morgan fingerprint density at radius 3 is 1.46 bits per heavy atom. The Morgan fingerprint density at radius 2 is 1.14 bits per heavy atom. The molecule has 0 atom stereocenters. The quantitative estimate of drug-likeness (QED) is 0.795. The van der Waals surface area contributed by atoms with E-state index >= 15 is 0 Å². The van der Waals surface area contributed by atoms with Crippen LogP contribution in [0.2, 0.25) is 0 Å². The molecule has 0 radical (unpaired) electrons. The molecule has 1 saturated heterocycles. The molecular weight excluding hydrogens is 358 g/mol. The molecule has 142 valence electrons. The molecule has 1 heterocycles. The van der Waals surface area contributed by atoms with Crippen LogP contribution >= 0.6 is 0 Å². The number of carbonyl (C=O) groups excluding carboxylic acids is 1. The van der Waals surface area contributed by atoms with Crippen molar-refractivity contribution in [1.82, 2.24) is 4.90 Å². The summed E-state index contributed by atoms with van der Waals surface area (Å²) in [5.41, 5.74) is 3.14. The Hall–Kier alpha value is -3.51. The minimum Gasteiger partial charge on any atom is -0.478 e. The zero-order valence-electron chi connectivity index (χ0n) is 15.3. The van der Waals surface area contributed by atoms with Crippen LogP contribution in [0.3, 0.4) is 0 Å². The molecule has 0 saturated carbocycles. The average molecular weight is 377 g/mol. The lowest BCUT2D eigenvalue weighted by molar-refractivity contribution is -0.113. The lowest BCUT2D eigenvalue weighted by Gasteiger charge is -2.26. The third-order valence-electron chi connectivity index (χ3n) is 4.46. The molecule has 28 heavy (non-hydrogen) atoms. The van der Waals surface area contributed by atoms with Crippen molar-refractivity contribution in [2.75, 3.05) is 20.1 Å². The van der Waals surface area contributed by atoms with E-state index in [9.17, 15) is 14.4 Å². The second-order valence-electron chi connectivity index (χ2n) is 6.69. The second kappa shape index (κ2) is 8.02. The van der Waals surface area contributed by atoms with Crippen molar-refractivity contribution < 1.29 is 24.6 Å². The molecule has 2 aromatic carbocycles. The first kappa shape index (κ1) is 19.3. The molecule has 3 rings (SSSR count). The number of piperidine rings is 1. The summed E-state index contributed by atoms with van der Waals surface area (Å²) in [6.45, 7) is 0.990. The molecule has 1 aliphatic heterocycles. The molecular formula is C22H19NO5. The van der Waals surface area contributed by atoms with Gasteiger partial charge >= 0.3 is 11.9 Å². The topological polar surface area (TPSA) is 94.9 Å². The number of hydrogen-bond donors (Lipinski definition) is 2. The van der Waals surface area contributed by atoms with Crippen LogP contribution in [0.4, 0.5) is 0 Å². The van der Waals surface area contributed by atoms with Crippen molar-refractivity contribution >= 4 is 29.9 Å². The number of carbonyl (C=O) groups is 3. The first-order valence-electron chi connectivity index (χ1n) is 8.64. The zero-order chi connectivity index (χ0) is 20.3. The summed E-state index contributed by atoms with van der Waals surface area (Å²) in [6, 6.07) is 12.7. The Balaban J connectivity index is 1.87. The normalized spacial score (nSPS) is 17.8. The fourth-order valence-electron chi connectivity index (χ4n) is 3.06. The summed E-state index contributed by atoms with van der Waals surface area (Å²) < 4.78 is 0. The maximum Gasteiger partial charge on any atom is 0.335 e. The Kier molecular flexibility index (Phi) is 5.52. The van der Waals surface area contributed by atoms with Gasteiger partial charge in [0.1, 0.15) is 0 Å². The highest BCUT2D eigenvalue weighted by atomic mass is 16.4. The number of aromatic carboxylic acids is 2. The summed E-state index contributed by atoms with van der Waals surface area (Å²) in [7, 11) is 1.91. The summed E-state index contributed by atoms with van der Waals surface area (Å²) >= 11 is 0. The minimum atomic E-state index is -0.994. The van der Waals surface area contributed by atoms with Crippen LogP contribution in [0.5, 0.6) is 0 Å². The SMILES string of the molecule is CN1C/C(=C\c2ccc(C(=O)O)cc2)C(=O)/C(=C/c2ccc(C(=O)O)cc2)C1. The van der Waals surface area contributed by atoms with Crippen molar-refractivity contribution in [3.63, 3.8) is 0 Å². The van der Waals surface area contributed by atoms with Crippen molar-refractivity contribution in [2.24, 2.45) is 0 Å². The van der Waals surface area contributed by atoms with E-state index in [4.69, 9.17) is 10.2 Å². The molecule has 0 bridgehead atoms. The van der Waals surface area contributed by atoms with Crippen LogP contribution in [0.25, 0.3) is 12.2 Å². The number of benzene rings is 2. The third-order valence-corrected chi connectivity index (χ3v) is 4.46. The van der Waals surface area contributed by atoms with E-state index < -0.39 is 11.9 Å². The fourth-order valence-corrected chi connectivity index (χ4v) is 3.06. The number of rotatable bonds is 4. The highest BCUT2D eigenvalue weighted by Gasteiger charge is 2.24. The maximum atomic E-state index is 12.9. The number of likely N-dealkylation sites (N-methyl/N-ethyl adjacent to an activating group) is 1.